The highest BCUT2D eigenvalue weighted by molar-refractivity contribution is 6.06. The third-order valence-corrected chi connectivity index (χ3v) is 4.57. The van der Waals surface area contributed by atoms with Crippen molar-refractivity contribution in [3.05, 3.63) is 94.5 Å². The molecule has 1 aromatic heterocycles. The number of carbonyl (C=O) groups is 1. The van der Waals surface area contributed by atoms with Gasteiger partial charge in [-0.05, 0) is 64.1 Å². The van der Waals surface area contributed by atoms with Crippen molar-refractivity contribution in [1.82, 2.24) is 4.98 Å². The van der Waals surface area contributed by atoms with Crippen LogP contribution in [0.3, 0.4) is 0 Å². The van der Waals surface area contributed by atoms with Crippen LogP contribution in [0.15, 0.2) is 73.3 Å². The van der Waals surface area contributed by atoms with Crippen LogP contribution in [0.2, 0.25) is 0 Å². The number of aryl methyl sites for hydroxylation is 1. The van der Waals surface area contributed by atoms with Crippen molar-refractivity contribution in [3.63, 3.8) is 0 Å². The zero-order valence-corrected chi connectivity index (χ0v) is 19.0. The number of para-hydroxylation sites is 2. The zero-order valence-electron chi connectivity index (χ0n) is 19.0. The summed E-state index contributed by atoms with van der Waals surface area (Å²) < 4.78 is 5.71. The number of nitro groups is 1. The Morgan fingerprint density at radius 1 is 1.06 bits per heavy atom. The monoisotopic (exact) mass is 446 g/mol. The van der Waals surface area contributed by atoms with Gasteiger partial charge in [0.2, 0.25) is 0 Å². The minimum atomic E-state index is -0.478. The lowest BCUT2D eigenvalue weighted by Gasteiger charge is -2.24. The van der Waals surface area contributed by atoms with Crippen LogP contribution in [0.4, 0.5) is 17.1 Å². The lowest BCUT2D eigenvalue weighted by molar-refractivity contribution is -0.385. The van der Waals surface area contributed by atoms with E-state index < -0.39 is 10.5 Å². The number of pyridine rings is 1. The summed E-state index contributed by atoms with van der Waals surface area (Å²) in [6.45, 7) is 11.4. The molecule has 0 unspecified atom stereocenters. The maximum Gasteiger partial charge on any atom is 0.287 e. The second-order valence-electron chi connectivity index (χ2n) is 8.46. The van der Waals surface area contributed by atoms with E-state index in [9.17, 15) is 14.9 Å². The number of hydrogen-bond acceptors (Lipinski definition) is 6. The molecule has 0 bridgehead atoms. The lowest BCUT2D eigenvalue weighted by Crippen LogP contribution is -2.21. The molecule has 33 heavy (non-hydrogen) atoms. The van der Waals surface area contributed by atoms with E-state index in [1.165, 1.54) is 12.3 Å². The molecule has 1 heterocycles. The van der Waals surface area contributed by atoms with Crippen molar-refractivity contribution in [2.75, 3.05) is 10.6 Å². The van der Waals surface area contributed by atoms with Crippen LogP contribution in [0, 0.1) is 17.0 Å². The Morgan fingerprint density at radius 3 is 2.21 bits per heavy atom. The van der Waals surface area contributed by atoms with Crippen LogP contribution in [-0.2, 0) is 4.74 Å². The number of benzene rings is 2. The SMILES string of the molecule is C=C(Nc1ccccc1NC(=O)c1ccc(-c2ncc([N+](=O)[O-])cc2C)cc1)OC(C)(C)C. The first-order chi connectivity index (χ1) is 15.5. The predicted molar refractivity (Wildman–Crippen MR) is 129 cm³/mol. The minimum Gasteiger partial charge on any atom is -0.474 e. The van der Waals surface area contributed by atoms with Crippen LogP contribution in [-0.4, -0.2) is 21.4 Å². The normalized spacial score (nSPS) is 10.9. The van der Waals surface area contributed by atoms with E-state index in [0.717, 1.165) is 5.56 Å². The molecule has 8 nitrogen and oxygen atoms in total. The lowest BCUT2D eigenvalue weighted by atomic mass is 10.0. The number of carbonyl (C=O) groups excluding carboxylic acids is 1. The number of nitrogens with one attached hydrogen (secondary N) is 2. The Morgan fingerprint density at radius 2 is 1.67 bits per heavy atom. The molecule has 2 aromatic carbocycles. The van der Waals surface area contributed by atoms with Gasteiger partial charge in [0.25, 0.3) is 11.6 Å². The molecule has 0 saturated carbocycles. The summed E-state index contributed by atoms with van der Waals surface area (Å²) in [6, 6.07) is 15.6. The average Bonchev–Trinajstić information content (AvgIpc) is 2.73. The highest BCUT2D eigenvalue weighted by Gasteiger charge is 2.15. The fraction of sp³-hybridized carbons (Fsp3) is 0.200. The Kier molecular flexibility index (Phi) is 6.77. The molecular formula is C25H26N4O4. The summed E-state index contributed by atoms with van der Waals surface area (Å²) >= 11 is 0. The summed E-state index contributed by atoms with van der Waals surface area (Å²) in [5.41, 5.74) is 3.30. The van der Waals surface area contributed by atoms with Crippen LogP contribution in [0.25, 0.3) is 11.3 Å². The van der Waals surface area contributed by atoms with Gasteiger partial charge in [-0.3, -0.25) is 14.9 Å². The molecule has 0 atom stereocenters. The fourth-order valence-corrected chi connectivity index (χ4v) is 3.18. The van der Waals surface area contributed by atoms with E-state index in [2.05, 4.69) is 22.2 Å². The second kappa shape index (κ2) is 9.52. The first kappa shape index (κ1) is 23.5. The van der Waals surface area contributed by atoms with E-state index in [-0.39, 0.29) is 11.6 Å². The molecule has 8 heteroatoms. The Hall–Kier alpha value is -4.20. The minimum absolute atomic E-state index is 0.0601. The van der Waals surface area contributed by atoms with Gasteiger partial charge >= 0.3 is 0 Å². The summed E-state index contributed by atoms with van der Waals surface area (Å²) in [6.07, 6.45) is 1.23. The van der Waals surface area contributed by atoms with E-state index >= 15 is 0 Å². The summed E-state index contributed by atoms with van der Waals surface area (Å²) in [5.74, 6) is 0.0889. The molecule has 0 aliphatic heterocycles. The standard InChI is InChI=1S/C25H26N4O4/c1-16-14-20(29(31)32)15-26-23(16)18-10-12-19(13-11-18)24(30)28-22-9-7-6-8-21(22)27-17(2)33-25(3,4)5/h6-15,27H,2H2,1,3-5H3,(H,28,30). The number of anilines is 2. The third-order valence-electron chi connectivity index (χ3n) is 4.57. The number of amides is 1. The topological polar surface area (TPSA) is 106 Å². The number of aromatic nitrogens is 1. The van der Waals surface area contributed by atoms with Gasteiger partial charge in [-0.1, -0.05) is 24.3 Å². The molecule has 0 spiro atoms. The van der Waals surface area contributed by atoms with Gasteiger partial charge in [-0.15, -0.1) is 0 Å². The predicted octanol–water partition coefficient (Wildman–Crippen LogP) is 5.92. The zero-order chi connectivity index (χ0) is 24.2. The highest BCUT2D eigenvalue weighted by Crippen LogP contribution is 2.27. The number of hydrogen-bond donors (Lipinski definition) is 2. The first-order valence-corrected chi connectivity index (χ1v) is 10.3. The van der Waals surface area contributed by atoms with Crippen molar-refractivity contribution < 1.29 is 14.5 Å². The molecule has 0 fully saturated rings. The molecular weight excluding hydrogens is 420 g/mol. The van der Waals surface area contributed by atoms with E-state index in [1.807, 2.05) is 39.0 Å². The maximum atomic E-state index is 12.8. The number of ether oxygens (including phenoxy) is 1. The molecule has 0 aliphatic rings. The second-order valence-corrected chi connectivity index (χ2v) is 8.46. The molecule has 3 aromatic rings. The van der Waals surface area contributed by atoms with Crippen LogP contribution in [0.5, 0.6) is 0 Å². The van der Waals surface area contributed by atoms with Crippen molar-refractivity contribution in [3.8, 4) is 11.3 Å². The molecule has 0 radical (unpaired) electrons. The van der Waals surface area contributed by atoms with E-state index in [1.54, 1.807) is 37.3 Å². The summed E-state index contributed by atoms with van der Waals surface area (Å²) in [5, 5.41) is 16.9. The molecule has 1 amide bonds. The quantitative estimate of drug-likeness (QED) is 0.265. The van der Waals surface area contributed by atoms with Gasteiger partial charge < -0.3 is 15.4 Å². The van der Waals surface area contributed by atoms with E-state index in [4.69, 9.17) is 4.74 Å². The molecule has 0 saturated heterocycles. The Balaban J connectivity index is 1.75. The van der Waals surface area contributed by atoms with Crippen molar-refractivity contribution in [2.24, 2.45) is 0 Å². The average molecular weight is 447 g/mol. The third kappa shape index (κ3) is 6.16. The van der Waals surface area contributed by atoms with Gasteiger partial charge in [0, 0.05) is 17.2 Å². The maximum absolute atomic E-state index is 12.8. The highest BCUT2D eigenvalue weighted by atomic mass is 16.6. The molecule has 170 valence electrons. The molecule has 3 rings (SSSR count). The van der Waals surface area contributed by atoms with Crippen LogP contribution >= 0.6 is 0 Å². The van der Waals surface area contributed by atoms with E-state index in [0.29, 0.717) is 34.1 Å². The smallest absolute Gasteiger partial charge is 0.287 e. The van der Waals surface area contributed by atoms with Gasteiger partial charge in [-0.2, -0.15) is 0 Å². The van der Waals surface area contributed by atoms with Gasteiger partial charge in [-0.25, -0.2) is 4.98 Å². The van der Waals surface area contributed by atoms with Gasteiger partial charge in [0.1, 0.15) is 11.8 Å². The number of rotatable bonds is 7. The fourth-order valence-electron chi connectivity index (χ4n) is 3.18. The Bertz CT molecular complexity index is 1200. The number of nitrogens with zero attached hydrogens (tertiary/aromatic N) is 2. The van der Waals surface area contributed by atoms with Crippen LogP contribution < -0.4 is 10.6 Å². The Labute approximate surface area is 192 Å². The molecule has 2 N–H and O–H groups in total. The van der Waals surface area contributed by atoms with Gasteiger partial charge in [0.15, 0.2) is 5.88 Å². The van der Waals surface area contributed by atoms with Crippen LogP contribution in [0.1, 0.15) is 36.7 Å². The first-order valence-electron chi connectivity index (χ1n) is 10.3. The molecule has 0 aliphatic carbocycles. The summed E-state index contributed by atoms with van der Waals surface area (Å²) in [4.78, 5) is 27.5. The van der Waals surface area contributed by atoms with Crippen molar-refractivity contribution in [1.29, 1.82) is 0 Å². The van der Waals surface area contributed by atoms with Gasteiger partial charge in [0.05, 0.1) is 22.0 Å². The van der Waals surface area contributed by atoms with Crippen molar-refractivity contribution in [2.45, 2.75) is 33.3 Å². The van der Waals surface area contributed by atoms with Crippen molar-refractivity contribution >= 4 is 23.0 Å². The summed E-state index contributed by atoms with van der Waals surface area (Å²) in [7, 11) is 0. The largest absolute Gasteiger partial charge is 0.474 e.